The molecule has 0 unspecified atom stereocenters. The number of nitrogens with zero attached hydrogens (tertiary/aromatic N) is 4. The van der Waals surface area contributed by atoms with Gasteiger partial charge in [-0.25, -0.2) is 0 Å². The highest BCUT2D eigenvalue weighted by Crippen LogP contribution is 2.33. The van der Waals surface area contributed by atoms with Gasteiger partial charge in [0.05, 0.1) is 11.3 Å². The number of piperidine rings is 1. The predicted octanol–water partition coefficient (Wildman–Crippen LogP) is 1.81. The predicted molar refractivity (Wildman–Crippen MR) is 79.2 cm³/mol. The molecule has 110 valence electrons. The molecule has 0 spiro atoms. The van der Waals surface area contributed by atoms with Gasteiger partial charge in [-0.2, -0.15) is 5.10 Å². The second-order valence-corrected chi connectivity index (χ2v) is 6.25. The summed E-state index contributed by atoms with van der Waals surface area (Å²) in [4.78, 5) is 2.18. The fraction of sp³-hybridized carbons (Fsp3) is 0.643. The normalized spacial score (nSPS) is 19.2. The van der Waals surface area contributed by atoms with Gasteiger partial charge in [0.2, 0.25) is 0 Å². The largest absolute Gasteiger partial charge is 0.409 e. The van der Waals surface area contributed by atoms with E-state index in [9.17, 15) is 0 Å². The van der Waals surface area contributed by atoms with E-state index in [-0.39, 0.29) is 5.84 Å². The minimum absolute atomic E-state index is 0.0975. The number of amidine groups is 1. The van der Waals surface area contributed by atoms with E-state index in [0.717, 1.165) is 43.0 Å². The molecule has 0 aromatic carbocycles. The highest BCUT2D eigenvalue weighted by molar-refractivity contribution is 6.02. The Bertz CT molecular complexity index is 529. The minimum Gasteiger partial charge on any atom is -0.409 e. The maximum atomic E-state index is 9.01. The zero-order chi connectivity index (χ0) is 14.9. The smallest absolute Gasteiger partial charge is 0.174 e. The maximum absolute atomic E-state index is 9.01. The molecule has 0 atom stereocenters. The lowest BCUT2D eigenvalue weighted by Gasteiger charge is -2.38. The summed E-state index contributed by atoms with van der Waals surface area (Å²) in [6, 6.07) is 0. The van der Waals surface area contributed by atoms with Crippen LogP contribution in [0.2, 0.25) is 0 Å². The quantitative estimate of drug-likeness (QED) is 0.372. The van der Waals surface area contributed by atoms with Crippen LogP contribution in [0, 0.1) is 19.3 Å². The molecule has 6 nitrogen and oxygen atoms in total. The number of aromatic nitrogens is 2. The van der Waals surface area contributed by atoms with Gasteiger partial charge < -0.3 is 15.8 Å². The van der Waals surface area contributed by atoms with Crippen LogP contribution in [0.5, 0.6) is 0 Å². The Morgan fingerprint density at radius 2 is 1.85 bits per heavy atom. The summed E-state index contributed by atoms with van der Waals surface area (Å²) in [6.45, 7) is 10.2. The fourth-order valence-electron chi connectivity index (χ4n) is 2.50. The van der Waals surface area contributed by atoms with Crippen LogP contribution in [0.15, 0.2) is 5.16 Å². The topological polar surface area (TPSA) is 87.6 Å². The van der Waals surface area contributed by atoms with Crippen molar-refractivity contribution in [2.24, 2.45) is 16.3 Å². The molecular weight excluding hydrogens is 254 g/mol. The average Bonchev–Trinajstić information content (AvgIpc) is 2.41. The summed E-state index contributed by atoms with van der Waals surface area (Å²) >= 11 is 0. The third-order valence-electron chi connectivity index (χ3n) is 4.22. The zero-order valence-electron chi connectivity index (χ0n) is 12.6. The van der Waals surface area contributed by atoms with E-state index in [4.69, 9.17) is 10.9 Å². The molecule has 1 aromatic rings. The van der Waals surface area contributed by atoms with E-state index in [1.165, 1.54) is 0 Å². The number of rotatable bonds is 2. The van der Waals surface area contributed by atoms with Gasteiger partial charge in [0.1, 0.15) is 0 Å². The maximum Gasteiger partial charge on any atom is 0.174 e. The Morgan fingerprint density at radius 1 is 1.25 bits per heavy atom. The van der Waals surface area contributed by atoms with Crippen molar-refractivity contribution >= 4 is 11.7 Å². The molecule has 1 aliphatic heterocycles. The molecule has 0 bridgehead atoms. The molecule has 0 aliphatic carbocycles. The highest BCUT2D eigenvalue weighted by Gasteiger charge is 2.28. The molecule has 1 saturated heterocycles. The van der Waals surface area contributed by atoms with Gasteiger partial charge in [-0.1, -0.05) is 19.0 Å². The second kappa shape index (κ2) is 5.26. The molecular formula is C14H23N5O. The summed E-state index contributed by atoms with van der Waals surface area (Å²) in [5.74, 6) is 0.819. The Balaban J connectivity index is 2.40. The van der Waals surface area contributed by atoms with Crippen LogP contribution < -0.4 is 10.6 Å². The average molecular weight is 277 g/mol. The van der Waals surface area contributed by atoms with E-state index in [1.54, 1.807) is 0 Å². The summed E-state index contributed by atoms with van der Waals surface area (Å²) in [5, 5.41) is 20.6. The van der Waals surface area contributed by atoms with Crippen LogP contribution in [-0.2, 0) is 0 Å². The highest BCUT2D eigenvalue weighted by atomic mass is 16.4. The Morgan fingerprint density at radius 3 is 2.40 bits per heavy atom. The van der Waals surface area contributed by atoms with Crippen molar-refractivity contribution in [2.45, 2.75) is 40.5 Å². The third-order valence-corrected chi connectivity index (χ3v) is 4.22. The van der Waals surface area contributed by atoms with Crippen molar-refractivity contribution in [2.75, 3.05) is 18.0 Å². The first kappa shape index (κ1) is 14.6. The minimum atomic E-state index is 0.0975. The molecule has 1 fully saturated rings. The summed E-state index contributed by atoms with van der Waals surface area (Å²) in [7, 11) is 0. The Hall–Kier alpha value is -1.85. The SMILES string of the molecule is Cc1nnc(N2CCC(C)(C)CC2)c(C(N)=NO)c1C. The first-order valence-electron chi connectivity index (χ1n) is 6.92. The van der Waals surface area contributed by atoms with Crippen molar-refractivity contribution in [3.63, 3.8) is 0 Å². The lowest BCUT2D eigenvalue weighted by Crippen LogP contribution is -2.39. The van der Waals surface area contributed by atoms with Crippen LogP contribution in [0.3, 0.4) is 0 Å². The van der Waals surface area contributed by atoms with Crippen LogP contribution in [-0.4, -0.2) is 34.3 Å². The number of aryl methyl sites for hydroxylation is 1. The van der Waals surface area contributed by atoms with Crippen LogP contribution >= 0.6 is 0 Å². The first-order chi connectivity index (χ1) is 9.35. The first-order valence-corrected chi connectivity index (χ1v) is 6.92. The fourth-order valence-corrected chi connectivity index (χ4v) is 2.50. The van der Waals surface area contributed by atoms with Crippen molar-refractivity contribution < 1.29 is 5.21 Å². The van der Waals surface area contributed by atoms with Crippen molar-refractivity contribution in [1.82, 2.24) is 10.2 Å². The van der Waals surface area contributed by atoms with E-state index in [0.29, 0.717) is 11.0 Å². The summed E-state index contributed by atoms with van der Waals surface area (Å²) in [5.41, 5.74) is 8.60. The van der Waals surface area contributed by atoms with E-state index >= 15 is 0 Å². The molecule has 1 aromatic heterocycles. The van der Waals surface area contributed by atoms with Crippen LogP contribution in [0.25, 0.3) is 0 Å². The van der Waals surface area contributed by atoms with Gasteiger partial charge in [-0.3, -0.25) is 0 Å². The van der Waals surface area contributed by atoms with Crippen LogP contribution in [0.1, 0.15) is 43.5 Å². The van der Waals surface area contributed by atoms with Gasteiger partial charge in [0.15, 0.2) is 11.7 Å². The van der Waals surface area contributed by atoms with Gasteiger partial charge in [-0.15, -0.1) is 5.10 Å². The molecule has 2 rings (SSSR count). The van der Waals surface area contributed by atoms with Crippen LogP contribution in [0.4, 0.5) is 5.82 Å². The molecule has 1 aliphatic rings. The molecule has 6 heteroatoms. The van der Waals surface area contributed by atoms with Crippen molar-refractivity contribution in [1.29, 1.82) is 0 Å². The molecule has 2 heterocycles. The summed E-state index contributed by atoms with van der Waals surface area (Å²) < 4.78 is 0. The molecule has 0 amide bonds. The number of hydrogen-bond acceptors (Lipinski definition) is 5. The van der Waals surface area contributed by atoms with E-state index in [1.807, 2.05) is 13.8 Å². The second-order valence-electron chi connectivity index (χ2n) is 6.25. The van der Waals surface area contributed by atoms with E-state index in [2.05, 4.69) is 34.1 Å². The van der Waals surface area contributed by atoms with Crippen molar-refractivity contribution in [3.05, 3.63) is 16.8 Å². The molecule has 0 saturated carbocycles. The lowest BCUT2D eigenvalue weighted by molar-refractivity contribution is 0.278. The standard InChI is InChI=1S/C14H23N5O/c1-9-10(2)16-17-13(11(9)12(15)18-20)19-7-5-14(3,4)6-8-19/h20H,5-8H2,1-4H3,(H2,15,18). The number of hydrogen-bond donors (Lipinski definition) is 2. The Kier molecular flexibility index (Phi) is 3.83. The number of nitrogens with two attached hydrogens (primary N) is 1. The monoisotopic (exact) mass is 277 g/mol. The van der Waals surface area contributed by atoms with Gasteiger partial charge in [-0.05, 0) is 37.7 Å². The number of anilines is 1. The molecule has 20 heavy (non-hydrogen) atoms. The van der Waals surface area contributed by atoms with Gasteiger partial charge in [0.25, 0.3) is 0 Å². The van der Waals surface area contributed by atoms with Gasteiger partial charge in [0, 0.05) is 13.1 Å². The van der Waals surface area contributed by atoms with E-state index < -0.39 is 0 Å². The third kappa shape index (κ3) is 2.69. The summed E-state index contributed by atoms with van der Waals surface area (Å²) in [6.07, 6.45) is 2.19. The number of oxime groups is 1. The Labute approximate surface area is 119 Å². The lowest BCUT2D eigenvalue weighted by atomic mass is 9.82. The zero-order valence-corrected chi connectivity index (χ0v) is 12.6. The van der Waals surface area contributed by atoms with Crippen molar-refractivity contribution in [3.8, 4) is 0 Å². The van der Waals surface area contributed by atoms with Gasteiger partial charge >= 0.3 is 0 Å². The molecule has 3 N–H and O–H groups in total. The molecule has 0 radical (unpaired) electrons.